The van der Waals surface area contributed by atoms with E-state index in [2.05, 4.69) is 53.4 Å². The molecule has 1 heterocycles. The minimum Gasteiger partial charge on any atom is -0.330 e. The Labute approximate surface area is 108 Å². The average molecular weight is 349 g/mol. The molecule has 6 heteroatoms. The molecule has 0 fully saturated rings. The highest BCUT2D eigenvalue weighted by Crippen LogP contribution is 2.27. The maximum absolute atomic E-state index is 3.97. The number of aromatic nitrogens is 2. The fraction of sp³-hybridized carbons (Fsp3) is 0.111. The summed E-state index contributed by atoms with van der Waals surface area (Å²) < 4.78 is 1.85. The molecule has 0 bridgehead atoms. The van der Waals surface area contributed by atoms with Crippen LogP contribution in [0.15, 0.2) is 26.6 Å². The second-order valence-corrected chi connectivity index (χ2v) is 6.11. The van der Waals surface area contributed by atoms with Crippen molar-refractivity contribution in [1.82, 2.24) is 10.2 Å². The summed E-state index contributed by atoms with van der Waals surface area (Å²) in [7, 11) is 0. The second-order valence-electron chi connectivity index (χ2n) is 2.94. The Morgan fingerprint density at radius 1 is 1.27 bits per heavy atom. The monoisotopic (exact) mass is 347 g/mol. The van der Waals surface area contributed by atoms with E-state index >= 15 is 0 Å². The molecule has 0 saturated heterocycles. The largest absolute Gasteiger partial charge is 0.330 e. The second kappa shape index (κ2) is 4.59. The molecular weight excluding hydrogens is 342 g/mol. The van der Waals surface area contributed by atoms with Crippen LogP contribution in [0.25, 0.3) is 0 Å². The average Bonchev–Trinajstić information content (AvgIpc) is 2.56. The molecule has 15 heavy (non-hydrogen) atoms. The summed E-state index contributed by atoms with van der Waals surface area (Å²) in [4.78, 5) is 0. The van der Waals surface area contributed by atoms with Crippen LogP contribution < -0.4 is 5.32 Å². The van der Waals surface area contributed by atoms with Crippen molar-refractivity contribution < 1.29 is 0 Å². The number of anilines is 2. The third-order valence-electron chi connectivity index (χ3n) is 1.83. The van der Waals surface area contributed by atoms with Crippen LogP contribution in [-0.4, -0.2) is 10.2 Å². The first-order chi connectivity index (χ1) is 7.15. The summed E-state index contributed by atoms with van der Waals surface area (Å²) in [5.41, 5.74) is 2.21. The molecule has 0 unspecified atom stereocenters. The lowest BCUT2D eigenvalue weighted by Crippen LogP contribution is -1.92. The van der Waals surface area contributed by atoms with Gasteiger partial charge in [-0.15, -0.1) is 10.2 Å². The third-order valence-corrected chi connectivity index (χ3v) is 3.60. The Hall–Kier alpha value is -0.460. The minimum atomic E-state index is 0.778. The number of hydrogen-bond donors (Lipinski definition) is 1. The van der Waals surface area contributed by atoms with Crippen LogP contribution in [0.4, 0.5) is 10.8 Å². The van der Waals surface area contributed by atoms with E-state index in [1.54, 1.807) is 0 Å². The van der Waals surface area contributed by atoms with Crippen molar-refractivity contribution in [2.75, 3.05) is 5.32 Å². The van der Waals surface area contributed by atoms with Gasteiger partial charge in [0.1, 0.15) is 0 Å². The van der Waals surface area contributed by atoms with Crippen molar-refractivity contribution in [3.8, 4) is 0 Å². The Kier molecular flexibility index (Phi) is 3.38. The molecule has 1 aromatic carbocycles. The minimum absolute atomic E-state index is 0.778. The van der Waals surface area contributed by atoms with Crippen LogP contribution in [0.1, 0.15) is 5.56 Å². The maximum atomic E-state index is 3.97. The molecule has 2 rings (SSSR count). The van der Waals surface area contributed by atoms with Gasteiger partial charge in [0.05, 0.1) is 0 Å². The molecule has 2 aromatic rings. The highest BCUT2D eigenvalue weighted by Gasteiger charge is 2.03. The molecule has 0 amide bonds. The summed E-state index contributed by atoms with van der Waals surface area (Å²) in [5, 5.41) is 11.8. The van der Waals surface area contributed by atoms with Crippen LogP contribution in [0, 0.1) is 6.92 Å². The Morgan fingerprint density at radius 2 is 2.07 bits per heavy atom. The first kappa shape index (κ1) is 11.0. The fourth-order valence-electron chi connectivity index (χ4n) is 1.14. The summed E-state index contributed by atoms with van der Waals surface area (Å²) in [6.07, 6.45) is 0. The smallest absolute Gasteiger partial charge is 0.210 e. The van der Waals surface area contributed by atoms with Gasteiger partial charge in [-0.3, -0.25) is 0 Å². The molecule has 0 spiro atoms. The predicted molar refractivity (Wildman–Crippen MR) is 69.8 cm³/mol. The van der Waals surface area contributed by atoms with Gasteiger partial charge in [0.15, 0.2) is 3.92 Å². The van der Waals surface area contributed by atoms with Crippen molar-refractivity contribution in [1.29, 1.82) is 0 Å². The predicted octanol–water partition coefficient (Wildman–Crippen LogP) is 4.12. The van der Waals surface area contributed by atoms with Gasteiger partial charge in [-0.25, -0.2) is 0 Å². The molecule has 78 valence electrons. The molecule has 3 nitrogen and oxygen atoms in total. The summed E-state index contributed by atoms with van der Waals surface area (Å²) in [6, 6.07) is 6.05. The van der Waals surface area contributed by atoms with E-state index in [1.807, 2.05) is 19.1 Å². The number of benzene rings is 1. The molecule has 1 aromatic heterocycles. The van der Waals surface area contributed by atoms with E-state index < -0.39 is 0 Å². The van der Waals surface area contributed by atoms with E-state index in [1.165, 1.54) is 11.3 Å². The van der Waals surface area contributed by atoms with Gasteiger partial charge < -0.3 is 5.32 Å². The molecule has 0 aliphatic heterocycles. The highest BCUT2D eigenvalue weighted by molar-refractivity contribution is 9.11. The van der Waals surface area contributed by atoms with E-state index in [0.29, 0.717) is 0 Å². The zero-order chi connectivity index (χ0) is 10.8. The van der Waals surface area contributed by atoms with Gasteiger partial charge in [0.25, 0.3) is 0 Å². The Bertz CT molecular complexity index is 484. The number of rotatable bonds is 2. The first-order valence-corrected chi connectivity index (χ1v) is 6.57. The first-order valence-electron chi connectivity index (χ1n) is 4.17. The number of aryl methyl sites for hydroxylation is 1. The molecule has 1 N–H and O–H groups in total. The molecule has 0 atom stereocenters. The van der Waals surface area contributed by atoms with Gasteiger partial charge in [0, 0.05) is 10.2 Å². The van der Waals surface area contributed by atoms with Gasteiger partial charge >= 0.3 is 0 Å². The standard InChI is InChI=1S/C9H7Br2N3S/c1-5-4-6(10)2-3-7(5)12-9-14-13-8(11)15-9/h2-4H,1H3,(H,12,14). The lowest BCUT2D eigenvalue weighted by Gasteiger charge is -2.05. The molecule has 0 radical (unpaired) electrons. The van der Waals surface area contributed by atoms with E-state index in [9.17, 15) is 0 Å². The summed E-state index contributed by atoms with van der Waals surface area (Å²) >= 11 is 8.17. The van der Waals surface area contributed by atoms with Crippen molar-refractivity contribution in [3.05, 3.63) is 32.2 Å². The Balaban J connectivity index is 2.24. The van der Waals surface area contributed by atoms with Gasteiger partial charge in [-0.05, 0) is 46.6 Å². The number of nitrogens with zero attached hydrogens (tertiary/aromatic N) is 2. The van der Waals surface area contributed by atoms with Gasteiger partial charge in [0.2, 0.25) is 5.13 Å². The van der Waals surface area contributed by atoms with Crippen LogP contribution in [0.5, 0.6) is 0 Å². The molecule has 0 saturated carbocycles. The zero-order valence-corrected chi connectivity index (χ0v) is 11.8. The topological polar surface area (TPSA) is 37.8 Å². The van der Waals surface area contributed by atoms with Crippen LogP contribution in [0.3, 0.4) is 0 Å². The van der Waals surface area contributed by atoms with Crippen molar-refractivity contribution in [2.45, 2.75) is 6.92 Å². The fourth-order valence-corrected chi connectivity index (χ4v) is 2.64. The highest BCUT2D eigenvalue weighted by atomic mass is 79.9. The van der Waals surface area contributed by atoms with Gasteiger partial charge in [-0.2, -0.15) is 0 Å². The van der Waals surface area contributed by atoms with Crippen molar-refractivity contribution >= 4 is 54.0 Å². The lowest BCUT2D eigenvalue weighted by atomic mass is 10.2. The maximum Gasteiger partial charge on any atom is 0.210 e. The Morgan fingerprint density at radius 3 is 2.67 bits per heavy atom. The number of halogens is 2. The summed E-state index contributed by atoms with van der Waals surface area (Å²) in [6.45, 7) is 2.04. The normalized spacial score (nSPS) is 10.3. The molecular formula is C9H7Br2N3S. The van der Waals surface area contributed by atoms with E-state index in [0.717, 1.165) is 24.8 Å². The SMILES string of the molecule is Cc1cc(Br)ccc1Nc1nnc(Br)s1. The van der Waals surface area contributed by atoms with E-state index in [-0.39, 0.29) is 0 Å². The zero-order valence-electron chi connectivity index (χ0n) is 7.79. The number of hydrogen-bond acceptors (Lipinski definition) is 4. The van der Waals surface area contributed by atoms with Crippen LogP contribution >= 0.6 is 43.2 Å². The third kappa shape index (κ3) is 2.76. The van der Waals surface area contributed by atoms with Crippen LogP contribution in [0.2, 0.25) is 0 Å². The van der Waals surface area contributed by atoms with Crippen molar-refractivity contribution in [2.24, 2.45) is 0 Å². The van der Waals surface area contributed by atoms with Gasteiger partial charge in [-0.1, -0.05) is 27.3 Å². The van der Waals surface area contributed by atoms with Crippen LogP contribution in [-0.2, 0) is 0 Å². The van der Waals surface area contributed by atoms with Crippen molar-refractivity contribution in [3.63, 3.8) is 0 Å². The molecule has 0 aliphatic carbocycles. The lowest BCUT2D eigenvalue weighted by molar-refractivity contribution is 1.07. The quantitative estimate of drug-likeness (QED) is 0.887. The molecule has 0 aliphatic rings. The van der Waals surface area contributed by atoms with E-state index in [4.69, 9.17) is 0 Å². The number of nitrogens with one attached hydrogen (secondary N) is 1. The summed E-state index contributed by atoms with van der Waals surface area (Å²) in [5.74, 6) is 0.